The number of carbonyl (C=O) groups excluding carboxylic acids is 2. The van der Waals surface area contributed by atoms with E-state index in [1.165, 1.54) is 24.1 Å². The monoisotopic (exact) mass is 458 g/mol. The smallest absolute Gasteiger partial charge is 0.290 e. The maximum Gasteiger partial charge on any atom is 0.290 e. The van der Waals surface area contributed by atoms with Gasteiger partial charge in [-0.1, -0.05) is 0 Å². The molecule has 0 unspecified atom stereocenters. The highest BCUT2D eigenvalue weighted by Gasteiger charge is 2.30. The first kappa shape index (κ1) is 24.5. The third-order valence-electron chi connectivity index (χ3n) is 6.38. The summed E-state index contributed by atoms with van der Waals surface area (Å²) in [5.41, 5.74) is 4.20. The quantitative estimate of drug-likeness (QED) is 0.501. The predicted molar refractivity (Wildman–Crippen MR) is 123 cm³/mol. The van der Waals surface area contributed by atoms with Crippen LogP contribution in [0.5, 0.6) is 0 Å². The van der Waals surface area contributed by atoms with Crippen LogP contribution < -0.4 is 5.32 Å². The van der Waals surface area contributed by atoms with Gasteiger partial charge in [0.05, 0.1) is 23.7 Å². The van der Waals surface area contributed by atoms with Crippen LogP contribution in [0.1, 0.15) is 53.0 Å². The topological polar surface area (TPSA) is 134 Å². The summed E-state index contributed by atoms with van der Waals surface area (Å²) in [6.45, 7) is 1.76. The summed E-state index contributed by atoms with van der Waals surface area (Å²) in [6.07, 6.45) is 9.52. The van der Waals surface area contributed by atoms with E-state index in [1.807, 2.05) is 19.0 Å². The molecule has 10 heteroatoms. The molecule has 0 spiro atoms. The molecule has 0 radical (unpaired) electrons. The molecule has 4 N–H and O–H groups in total. The van der Waals surface area contributed by atoms with Gasteiger partial charge in [0.25, 0.3) is 12.4 Å². The lowest BCUT2D eigenvalue weighted by molar-refractivity contribution is -0.135. The number of fused-ring (bicyclic) bond motifs is 1. The van der Waals surface area contributed by atoms with Crippen molar-refractivity contribution in [2.24, 2.45) is 5.92 Å². The molecule has 2 amide bonds. The van der Waals surface area contributed by atoms with E-state index in [0.717, 1.165) is 37.9 Å². The fourth-order valence-electron chi connectivity index (χ4n) is 4.76. The van der Waals surface area contributed by atoms with E-state index in [2.05, 4.69) is 25.4 Å². The van der Waals surface area contributed by atoms with E-state index >= 15 is 0 Å². The molecule has 1 saturated heterocycles. The summed E-state index contributed by atoms with van der Waals surface area (Å²) in [6, 6.07) is 1.81. The zero-order valence-electron chi connectivity index (χ0n) is 19.3. The minimum absolute atomic E-state index is 0.0406. The number of hydrogen-bond donors (Lipinski definition) is 4. The first-order valence-corrected chi connectivity index (χ1v) is 11.4. The number of rotatable bonds is 5. The number of amides is 2. The van der Waals surface area contributed by atoms with Gasteiger partial charge in [-0.2, -0.15) is 5.10 Å². The first-order valence-electron chi connectivity index (χ1n) is 11.4. The fourth-order valence-corrected chi connectivity index (χ4v) is 4.76. The molecule has 0 saturated carbocycles. The Morgan fingerprint density at radius 3 is 2.79 bits per heavy atom. The molecule has 10 nitrogen and oxygen atoms in total. The number of likely N-dealkylation sites (N-methyl/N-ethyl adjacent to an activating group) is 1. The van der Waals surface area contributed by atoms with Crippen LogP contribution in [-0.2, 0) is 29.0 Å². The lowest BCUT2D eigenvalue weighted by Gasteiger charge is -2.25. The maximum absolute atomic E-state index is 13.2. The van der Waals surface area contributed by atoms with Crippen molar-refractivity contribution in [1.82, 2.24) is 30.3 Å². The Bertz CT molecular complexity index is 926. The van der Waals surface area contributed by atoms with E-state index < -0.39 is 0 Å². The molecule has 180 valence electrons. The summed E-state index contributed by atoms with van der Waals surface area (Å²) in [5, 5.41) is 17.7. The predicted octanol–water partition coefficient (Wildman–Crippen LogP) is 1.42. The molecule has 2 aliphatic rings. The number of hydrogen-bond acceptors (Lipinski definition) is 5. The van der Waals surface area contributed by atoms with Crippen molar-refractivity contribution in [1.29, 1.82) is 0 Å². The average Bonchev–Trinajstić information content (AvgIpc) is 3.43. The highest BCUT2D eigenvalue weighted by Crippen LogP contribution is 2.24. The number of carboxylic acid groups (broad SMARTS) is 1. The molecule has 0 aromatic carbocycles. The van der Waals surface area contributed by atoms with Crippen molar-refractivity contribution in [2.75, 3.05) is 27.2 Å². The number of likely N-dealkylation sites (tertiary alicyclic amines) is 1. The number of carbonyl (C=O) groups is 3. The van der Waals surface area contributed by atoms with Crippen LogP contribution >= 0.6 is 0 Å². The molecule has 0 bridgehead atoms. The fraction of sp³-hybridized carbons (Fsp3) is 0.565. The van der Waals surface area contributed by atoms with Gasteiger partial charge in [0.15, 0.2) is 0 Å². The van der Waals surface area contributed by atoms with Crippen LogP contribution in [0, 0.1) is 5.92 Å². The van der Waals surface area contributed by atoms with Crippen LogP contribution in [0.2, 0.25) is 0 Å². The van der Waals surface area contributed by atoms with Gasteiger partial charge in [-0.05, 0) is 57.2 Å². The average molecular weight is 459 g/mol. The Morgan fingerprint density at radius 1 is 1.30 bits per heavy atom. The largest absolute Gasteiger partial charge is 0.483 e. The van der Waals surface area contributed by atoms with Gasteiger partial charge in [0, 0.05) is 44.3 Å². The Balaban J connectivity index is 0.000000968. The van der Waals surface area contributed by atoms with Gasteiger partial charge in [0.2, 0.25) is 5.91 Å². The molecule has 2 aromatic rings. The second-order valence-electron chi connectivity index (χ2n) is 8.90. The summed E-state index contributed by atoms with van der Waals surface area (Å²) in [7, 11) is 3.90. The van der Waals surface area contributed by atoms with Crippen molar-refractivity contribution in [2.45, 2.75) is 51.1 Å². The van der Waals surface area contributed by atoms with E-state index in [1.54, 1.807) is 18.5 Å². The van der Waals surface area contributed by atoms with E-state index in [0.29, 0.717) is 18.7 Å². The number of aryl methyl sites for hydroxylation is 1. The van der Waals surface area contributed by atoms with Crippen molar-refractivity contribution in [3.63, 3.8) is 0 Å². The third kappa shape index (κ3) is 6.44. The lowest BCUT2D eigenvalue weighted by atomic mass is 9.95. The molecular weight excluding hydrogens is 424 g/mol. The number of nitrogens with zero attached hydrogens (tertiary/aromatic N) is 3. The second kappa shape index (κ2) is 11.6. The van der Waals surface area contributed by atoms with Crippen molar-refractivity contribution in [3.8, 4) is 0 Å². The highest BCUT2D eigenvalue weighted by atomic mass is 16.3. The molecular formula is C23H34N6O4. The van der Waals surface area contributed by atoms with Gasteiger partial charge < -0.3 is 25.2 Å². The SMILES string of the molecule is CN1C[C@@H](NC(=O)c2cc[nH]c2)CC[C@@H](C(=O)N(C)Cc2n[nH]c3c2CCCC3)C1.O=CO. The van der Waals surface area contributed by atoms with Gasteiger partial charge in [0.1, 0.15) is 0 Å². The van der Waals surface area contributed by atoms with Gasteiger partial charge in [-0.15, -0.1) is 0 Å². The summed E-state index contributed by atoms with van der Waals surface area (Å²) < 4.78 is 0. The maximum atomic E-state index is 13.2. The molecule has 1 aliphatic carbocycles. The number of aromatic nitrogens is 3. The number of nitrogens with one attached hydrogen (secondary N) is 3. The zero-order valence-corrected chi connectivity index (χ0v) is 19.3. The summed E-state index contributed by atoms with van der Waals surface area (Å²) >= 11 is 0. The van der Waals surface area contributed by atoms with E-state index in [9.17, 15) is 9.59 Å². The lowest BCUT2D eigenvalue weighted by Crippen LogP contribution is -2.42. The Morgan fingerprint density at radius 2 is 2.06 bits per heavy atom. The molecule has 2 atom stereocenters. The molecule has 1 aliphatic heterocycles. The van der Waals surface area contributed by atoms with Gasteiger partial charge in [-0.25, -0.2) is 0 Å². The normalized spacial score (nSPS) is 20.5. The number of H-pyrrole nitrogens is 2. The standard InChI is InChI=1S/C22H32N6O2.CH2O2/c1-27-12-16(7-8-17(13-27)24-21(29)15-9-10-23-11-15)22(30)28(2)14-20-18-5-3-4-6-19(18)25-26-20;2-1-3/h9-11,16-17,23H,3-8,12-14H2,1-2H3,(H,24,29)(H,25,26);1H,(H,2,3)/t16-,17+;/m1./s1. The van der Waals surface area contributed by atoms with E-state index in [-0.39, 0.29) is 30.2 Å². The van der Waals surface area contributed by atoms with Gasteiger partial charge >= 0.3 is 0 Å². The van der Waals surface area contributed by atoms with Crippen molar-refractivity contribution < 1.29 is 19.5 Å². The van der Waals surface area contributed by atoms with Gasteiger partial charge in [-0.3, -0.25) is 19.5 Å². The first-order chi connectivity index (χ1) is 15.9. The third-order valence-corrected chi connectivity index (χ3v) is 6.38. The van der Waals surface area contributed by atoms with Crippen LogP contribution in [0.4, 0.5) is 0 Å². The minimum atomic E-state index is -0.250. The van der Waals surface area contributed by atoms with Crippen LogP contribution in [0.3, 0.4) is 0 Å². The Kier molecular flexibility index (Phi) is 8.65. The summed E-state index contributed by atoms with van der Waals surface area (Å²) in [5.74, 6) is 0.0239. The summed E-state index contributed by atoms with van der Waals surface area (Å²) in [4.78, 5) is 40.8. The zero-order chi connectivity index (χ0) is 23.8. The van der Waals surface area contributed by atoms with Crippen molar-refractivity contribution >= 4 is 18.3 Å². The van der Waals surface area contributed by atoms with E-state index in [4.69, 9.17) is 9.90 Å². The molecule has 4 rings (SSSR count). The number of aromatic amines is 2. The van der Waals surface area contributed by atoms with Crippen molar-refractivity contribution in [3.05, 3.63) is 41.0 Å². The minimum Gasteiger partial charge on any atom is -0.483 e. The van der Waals surface area contributed by atoms with Crippen LogP contribution in [0.15, 0.2) is 18.5 Å². The Labute approximate surface area is 193 Å². The molecule has 33 heavy (non-hydrogen) atoms. The molecule has 1 fully saturated rings. The Hall–Kier alpha value is -3.14. The highest BCUT2D eigenvalue weighted by molar-refractivity contribution is 5.94. The second-order valence-corrected chi connectivity index (χ2v) is 8.90. The molecule has 2 aromatic heterocycles. The van der Waals surface area contributed by atoms with Crippen LogP contribution in [-0.4, -0.2) is 81.6 Å². The molecule has 3 heterocycles. The van der Waals surface area contributed by atoms with Crippen LogP contribution in [0.25, 0.3) is 0 Å².